The maximum absolute atomic E-state index is 4.21. The van der Waals surface area contributed by atoms with Crippen LogP contribution < -0.4 is 0 Å². The van der Waals surface area contributed by atoms with Crippen LogP contribution in [0.4, 0.5) is 0 Å². The lowest BCUT2D eigenvalue weighted by Gasteiger charge is -2.06. The Balaban J connectivity index is 1.56. The van der Waals surface area contributed by atoms with E-state index in [0.717, 1.165) is 43.3 Å². The molecule has 23 heavy (non-hydrogen) atoms. The zero-order valence-corrected chi connectivity index (χ0v) is 14.6. The summed E-state index contributed by atoms with van der Waals surface area (Å²) in [5.74, 6) is 1.59. The van der Waals surface area contributed by atoms with Crippen LogP contribution in [0.3, 0.4) is 0 Å². The molecule has 7 nitrogen and oxygen atoms in total. The Morgan fingerprint density at radius 3 is 3.04 bits per heavy atom. The van der Waals surface area contributed by atoms with Gasteiger partial charge in [-0.3, -0.25) is 0 Å². The second kappa shape index (κ2) is 8.21. The molecule has 0 saturated heterocycles. The molecule has 3 aromatic heterocycles. The quantitative estimate of drug-likeness (QED) is 0.553. The molecule has 0 spiro atoms. The fraction of sp³-hybridized carbons (Fsp3) is 0.500. The number of hydrogen-bond acceptors (Lipinski definition) is 7. The van der Waals surface area contributed by atoms with Crippen LogP contribution >= 0.6 is 23.1 Å². The monoisotopic (exact) mass is 349 g/mol. The minimum Gasteiger partial charge on any atom is -0.308 e. The van der Waals surface area contributed by atoms with Gasteiger partial charge >= 0.3 is 0 Å². The number of aromatic nitrogens is 7. The lowest BCUT2D eigenvalue weighted by molar-refractivity contribution is 0.540. The van der Waals surface area contributed by atoms with Crippen LogP contribution in [0.1, 0.15) is 30.5 Å². The molecule has 0 atom stereocenters. The highest BCUT2D eigenvalue weighted by Gasteiger charge is 2.10. The van der Waals surface area contributed by atoms with Gasteiger partial charge in [0.15, 0.2) is 11.0 Å². The van der Waals surface area contributed by atoms with Crippen molar-refractivity contribution in [3.8, 4) is 0 Å². The van der Waals surface area contributed by atoms with Gasteiger partial charge < -0.3 is 4.57 Å². The summed E-state index contributed by atoms with van der Waals surface area (Å²) in [6.45, 7) is 3.91. The number of unbranched alkanes of at least 4 members (excludes halogenated alkanes) is 1. The zero-order valence-electron chi connectivity index (χ0n) is 13.0. The van der Waals surface area contributed by atoms with Crippen molar-refractivity contribution in [1.82, 2.24) is 35.0 Å². The highest BCUT2D eigenvalue weighted by molar-refractivity contribution is 7.98. The molecular formula is C14H19N7S2. The normalized spacial score (nSPS) is 11.2. The summed E-state index contributed by atoms with van der Waals surface area (Å²) >= 11 is 3.41. The van der Waals surface area contributed by atoms with Crippen LogP contribution in [-0.2, 0) is 25.3 Å². The van der Waals surface area contributed by atoms with Crippen LogP contribution in [0.5, 0.6) is 0 Å². The Hall–Kier alpha value is -1.74. The van der Waals surface area contributed by atoms with E-state index < -0.39 is 0 Å². The van der Waals surface area contributed by atoms with Crippen molar-refractivity contribution in [2.45, 2.75) is 50.2 Å². The first-order valence-corrected chi connectivity index (χ1v) is 9.51. The summed E-state index contributed by atoms with van der Waals surface area (Å²) in [5.41, 5.74) is 0. The van der Waals surface area contributed by atoms with Gasteiger partial charge in [-0.2, -0.15) is 0 Å². The van der Waals surface area contributed by atoms with Gasteiger partial charge in [-0.15, -0.1) is 26.6 Å². The summed E-state index contributed by atoms with van der Waals surface area (Å²) < 4.78 is 3.97. The number of thioether (sulfide) groups is 1. The first-order valence-electron chi connectivity index (χ1n) is 7.65. The molecule has 0 bridgehead atoms. The average Bonchev–Trinajstić information content (AvgIpc) is 3.30. The third kappa shape index (κ3) is 4.38. The Bertz CT molecular complexity index is 704. The maximum Gasteiger partial charge on any atom is 0.191 e. The topological polar surface area (TPSA) is 74.3 Å². The molecule has 3 rings (SSSR count). The van der Waals surface area contributed by atoms with Gasteiger partial charge in [0.1, 0.15) is 6.33 Å². The van der Waals surface area contributed by atoms with Gasteiger partial charge in [-0.05, 0) is 34.7 Å². The zero-order chi connectivity index (χ0) is 15.9. The van der Waals surface area contributed by atoms with Gasteiger partial charge in [0.2, 0.25) is 0 Å². The second-order valence-electron chi connectivity index (χ2n) is 5.10. The molecule has 3 aromatic rings. The Morgan fingerprint density at radius 2 is 2.22 bits per heavy atom. The van der Waals surface area contributed by atoms with Crippen molar-refractivity contribution in [3.05, 3.63) is 34.5 Å². The van der Waals surface area contributed by atoms with Crippen molar-refractivity contribution in [2.75, 3.05) is 0 Å². The maximum atomic E-state index is 4.21. The number of rotatable bonds is 9. The molecule has 0 fully saturated rings. The van der Waals surface area contributed by atoms with Crippen molar-refractivity contribution in [1.29, 1.82) is 0 Å². The van der Waals surface area contributed by atoms with Crippen LogP contribution in [0, 0.1) is 0 Å². The van der Waals surface area contributed by atoms with Crippen LogP contribution in [-0.4, -0.2) is 35.0 Å². The summed E-state index contributed by atoms with van der Waals surface area (Å²) in [7, 11) is 0. The smallest absolute Gasteiger partial charge is 0.191 e. The molecule has 0 unspecified atom stereocenters. The van der Waals surface area contributed by atoms with Gasteiger partial charge in [0.25, 0.3) is 0 Å². The predicted molar refractivity (Wildman–Crippen MR) is 90.3 cm³/mol. The van der Waals surface area contributed by atoms with Gasteiger partial charge in [-0.25, -0.2) is 4.68 Å². The first kappa shape index (κ1) is 16.1. The number of aryl methyl sites for hydroxylation is 3. The first-order chi connectivity index (χ1) is 11.4. The molecule has 3 heterocycles. The number of tetrazole rings is 1. The van der Waals surface area contributed by atoms with Crippen LogP contribution in [0.15, 0.2) is 29.0 Å². The average molecular weight is 349 g/mol. The van der Waals surface area contributed by atoms with Crippen molar-refractivity contribution >= 4 is 23.1 Å². The predicted octanol–water partition coefficient (Wildman–Crippen LogP) is 2.66. The van der Waals surface area contributed by atoms with E-state index in [-0.39, 0.29) is 0 Å². The van der Waals surface area contributed by atoms with Crippen molar-refractivity contribution in [3.63, 3.8) is 0 Å². The molecule has 0 N–H and O–H groups in total. The number of nitrogens with zero attached hydrogens (tertiary/aromatic N) is 7. The van der Waals surface area contributed by atoms with E-state index in [2.05, 4.69) is 54.7 Å². The molecule has 0 aliphatic carbocycles. The van der Waals surface area contributed by atoms with E-state index in [1.807, 2.05) is 4.68 Å². The van der Waals surface area contributed by atoms with E-state index in [0.29, 0.717) is 5.75 Å². The highest BCUT2D eigenvalue weighted by atomic mass is 32.2. The molecule has 0 radical (unpaired) electrons. The summed E-state index contributed by atoms with van der Waals surface area (Å²) in [4.78, 5) is 1.37. The molecule has 0 amide bonds. The molecule has 0 aromatic carbocycles. The van der Waals surface area contributed by atoms with Crippen LogP contribution in [0.25, 0.3) is 0 Å². The molecule has 0 aliphatic heterocycles. The Kier molecular flexibility index (Phi) is 5.76. The molecule has 0 aliphatic rings. The van der Waals surface area contributed by atoms with E-state index >= 15 is 0 Å². The summed E-state index contributed by atoms with van der Waals surface area (Å²) in [6, 6.07) is 4.24. The van der Waals surface area contributed by atoms with Gasteiger partial charge in [-0.1, -0.05) is 31.2 Å². The van der Waals surface area contributed by atoms with Crippen molar-refractivity contribution in [2.24, 2.45) is 0 Å². The minimum absolute atomic E-state index is 0.703. The fourth-order valence-electron chi connectivity index (χ4n) is 2.13. The van der Waals surface area contributed by atoms with Crippen molar-refractivity contribution < 1.29 is 0 Å². The number of thiophene rings is 1. The third-order valence-electron chi connectivity index (χ3n) is 3.42. The standard InChI is InChI=1S/C14H19N7S2/c1-2-3-7-21-13(16-18-19-21)10-23-14-17-15-11-20(14)8-6-12-5-4-9-22-12/h4-5,9,11H,2-3,6-8,10H2,1H3. The summed E-state index contributed by atoms with van der Waals surface area (Å²) in [6.07, 6.45) is 5.00. The summed E-state index contributed by atoms with van der Waals surface area (Å²) in [5, 5.41) is 23.2. The van der Waals surface area contributed by atoms with E-state index in [1.54, 1.807) is 29.4 Å². The molecule has 0 saturated carbocycles. The largest absolute Gasteiger partial charge is 0.308 e. The molecule has 122 valence electrons. The Morgan fingerprint density at radius 1 is 1.26 bits per heavy atom. The third-order valence-corrected chi connectivity index (χ3v) is 5.33. The van der Waals surface area contributed by atoms with Gasteiger partial charge in [0.05, 0.1) is 5.75 Å². The minimum atomic E-state index is 0.703. The number of hydrogen-bond donors (Lipinski definition) is 0. The van der Waals surface area contributed by atoms with Gasteiger partial charge in [0, 0.05) is 18.0 Å². The lowest BCUT2D eigenvalue weighted by atomic mass is 10.3. The van der Waals surface area contributed by atoms with E-state index in [4.69, 9.17) is 0 Å². The fourth-order valence-corrected chi connectivity index (χ4v) is 3.70. The van der Waals surface area contributed by atoms with E-state index in [1.165, 1.54) is 4.88 Å². The van der Waals surface area contributed by atoms with E-state index in [9.17, 15) is 0 Å². The lowest BCUT2D eigenvalue weighted by Crippen LogP contribution is -2.06. The SMILES string of the molecule is CCCCn1nnnc1CSc1nncn1CCc1cccs1. The second-order valence-corrected chi connectivity index (χ2v) is 7.07. The molecule has 9 heteroatoms. The van der Waals surface area contributed by atoms with Crippen LogP contribution in [0.2, 0.25) is 0 Å². The Labute approximate surface area is 143 Å². The molecular weight excluding hydrogens is 330 g/mol. The highest BCUT2D eigenvalue weighted by Crippen LogP contribution is 2.20.